The molecule has 1 aromatic heterocycles. The van der Waals surface area contributed by atoms with Gasteiger partial charge in [-0.25, -0.2) is 4.98 Å². The van der Waals surface area contributed by atoms with E-state index in [-0.39, 0.29) is 23.7 Å². The summed E-state index contributed by atoms with van der Waals surface area (Å²) in [6, 6.07) is 1.43. The first-order valence-corrected chi connectivity index (χ1v) is 5.07. The highest BCUT2D eigenvalue weighted by atomic mass is 35.5. The van der Waals surface area contributed by atoms with Crippen molar-refractivity contribution >= 4 is 40.9 Å². The van der Waals surface area contributed by atoms with Crippen LogP contribution in [0, 0.1) is 0 Å². The predicted molar refractivity (Wildman–Crippen MR) is 59.8 cm³/mol. The van der Waals surface area contributed by atoms with Gasteiger partial charge in [0.2, 0.25) is 5.91 Å². The monoisotopic (exact) mass is 262 g/mol. The zero-order valence-electron chi connectivity index (χ0n) is 8.04. The van der Waals surface area contributed by atoms with E-state index in [9.17, 15) is 9.59 Å². The molecule has 0 spiro atoms. The molecule has 0 aliphatic rings. The van der Waals surface area contributed by atoms with Crippen LogP contribution in [0.5, 0.6) is 0 Å². The number of anilines is 1. The highest BCUT2D eigenvalue weighted by Crippen LogP contribution is 2.22. The number of amides is 1. The molecule has 1 heterocycles. The predicted octanol–water partition coefficient (Wildman–Crippen LogP) is 2.19. The van der Waals surface area contributed by atoms with E-state index in [4.69, 9.17) is 28.3 Å². The Morgan fingerprint density at radius 1 is 1.38 bits per heavy atom. The summed E-state index contributed by atoms with van der Waals surface area (Å²) < 4.78 is 0. The van der Waals surface area contributed by atoms with E-state index < -0.39 is 11.9 Å². The van der Waals surface area contributed by atoms with E-state index in [1.807, 2.05) is 0 Å². The highest BCUT2D eigenvalue weighted by molar-refractivity contribution is 6.36. The van der Waals surface area contributed by atoms with Gasteiger partial charge in [0.15, 0.2) is 5.82 Å². The molecule has 0 aromatic carbocycles. The minimum absolute atomic E-state index is 0.129. The molecule has 0 unspecified atom stereocenters. The smallest absolute Gasteiger partial charge is 0.303 e. The van der Waals surface area contributed by atoms with E-state index >= 15 is 0 Å². The van der Waals surface area contributed by atoms with Crippen molar-refractivity contribution in [1.82, 2.24) is 4.98 Å². The first-order chi connectivity index (χ1) is 7.49. The molecule has 5 nitrogen and oxygen atoms in total. The van der Waals surface area contributed by atoms with Gasteiger partial charge < -0.3 is 10.4 Å². The Labute approximate surface area is 101 Å². The number of carbonyl (C=O) groups excluding carboxylic acids is 1. The molecule has 86 valence electrons. The van der Waals surface area contributed by atoms with Crippen LogP contribution >= 0.6 is 23.2 Å². The normalized spacial score (nSPS) is 9.88. The molecule has 1 amide bonds. The van der Waals surface area contributed by atoms with Crippen LogP contribution in [0.3, 0.4) is 0 Å². The molecular weight excluding hydrogens is 255 g/mol. The van der Waals surface area contributed by atoms with Gasteiger partial charge in [-0.1, -0.05) is 23.2 Å². The third-order valence-electron chi connectivity index (χ3n) is 1.63. The average Bonchev–Trinajstić information content (AvgIpc) is 2.19. The summed E-state index contributed by atoms with van der Waals surface area (Å²) in [6.07, 6.45) is 0.966. The molecule has 0 saturated heterocycles. The molecule has 0 aliphatic heterocycles. The van der Waals surface area contributed by atoms with Gasteiger partial charge >= 0.3 is 5.97 Å². The van der Waals surface area contributed by atoms with E-state index in [2.05, 4.69) is 10.3 Å². The first kappa shape index (κ1) is 12.7. The lowest BCUT2D eigenvalue weighted by Crippen LogP contribution is -2.14. The van der Waals surface area contributed by atoms with E-state index in [0.717, 1.165) is 0 Å². The topological polar surface area (TPSA) is 79.3 Å². The third kappa shape index (κ3) is 4.04. The second kappa shape index (κ2) is 5.67. The van der Waals surface area contributed by atoms with Gasteiger partial charge in [0, 0.05) is 12.6 Å². The minimum Gasteiger partial charge on any atom is -0.481 e. The summed E-state index contributed by atoms with van der Waals surface area (Å²) in [6.45, 7) is 0. The second-order valence-corrected chi connectivity index (χ2v) is 3.77. The van der Waals surface area contributed by atoms with E-state index in [1.165, 1.54) is 12.3 Å². The summed E-state index contributed by atoms with van der Waals surface area (Å²) >= 11 is 11.4. The number of carbonyl (C=O) groups is 2. The Balaban J connectivity index is 2.59. The molecule has 2 N–H and O–H groups in total. The Kier molecular flexibility index (Phi) is 4.52. The molecular formula is C9H8Cl2N2O3. The molecule has 0 bridgehead atoms. The van der Waals surface area contributed by atoms with Gasteiger partial charge in [-0.05, 0) is 6.07 Å². The van der Waals surface area contributed by atoms with Crippen molar-refractivity contribution in [2.75, 3.05) is 5.32 Å². The zero-order chi connectivity index (χ0) is 12.1. The van der Waals surface area contributed by atoms with Gasteiger partial charge in [-0.2, -0.15) is 0 Å². The summed E-state index contributed by atoms with van der Waals surface area (Å²) in [5.74, 6) is -1.33. The van der Waals surface area contributed by atoms with Gasteiger partial charge in [0.25, 0.3) is 0 Å². The SMILES string of the molecule is O=C(O)CCC(=O)Nc1ncc(Cl)cc1Cl. The van der Waals surface area contributed by atoms with Crippen molar-refractivity contribution in [1.29, 1.82) is 0 Å². The molecule has 0 radical (unpaired) electrons. The van der Waals surface area contributed by atoms with Gasteiger partial charge in [-0.3, -0.25) is 9.59 Å². The number of aromatic nitrogens is 1. The number of halogens is 2. The Morgan fingerprint density at radius 2 is 2.06 bits per heavy atom. The number of aliphatic carboxylic acids is 1. The molecule has 0 fully saturated rings. The lowest BCUT2D eigenvalue weighted by atomic mass is 10.3. The second-order valence-electron chi connectivity index (χ2n) is 2.93. The fraction of sp³-hybridized carbons (Fsp3) is 0.222. The Hall–Kier alpha value is -1.33. The van der Waals surface area contributed by atoms with Crippen LogP contribution in [0.15, 0.2) is 12.3 Å². The van der Waals surface area contributed by atoms with E-state index in [1.54, 1.807) is 0 Å². The summed E-state index contributed by atoms with van der Waals surface area (Å²) in [5, 5.41) is 11.3. The molecule has 16 heavy (non-hydrogen) atoms. The number of hydrogen-bond donors (Lipinski definition) is 2. The average molecular weight is 263 g/mol. The van der Waals surface area contributed by atoms with Crippen LogP contribution < -0.4 is 5.32 Å². The standard InChI is InChI=1S/C9H8Cl2N2O3/c10-5-3-6(11)9(12-4-5)13-7(14)1-2-8(15)16/h3-4H,1-2H2,(H,15,16)(H,12,13,14). The summed E-state index contributed by atoms with van der Waals surface area (Å²) in [4.78, 5) is 25.3. The number of nitrogens with one attached hydrogen (secondary N) is 1. The molecule has 7 heteroatoms. The van der Waals surface area contributed by atoms with E-state index in [0.29, 0.717) is 5.02 Å². The van der Waals surface area contributed by atoms with Crippen molar-refractivity contribution < 1.29 is 14.7 Å². The zero-order valence-corrected chi connectivity index (χ0v) is 9.55. The lowest BCUT2D eigenvalue weighted by Gasteiger charge is -2.05. The van der Waals surface area contributed by atoms with Gasteiger partial charge in [0.1, 0.15) is 0 Å². The molecule has 0 aliphatic carbocycles. The molecule has 1 rings (SSSR count). The Morgan fingerprint density at radius 3 is 2.62 bits per heavy atom. The number of pyridine rings is 1. The first-order valence-electron chi connectivity index (χ1n) is 4.31. The number of rotatable bonds is 4. The summed E-state index contributed by atoms with van der Waals surface area (Å²) in [5.41, 5.74) is 0. The van der Waals surface area contributed by atoms with Crippen molar-refractivity contribution in [2.45, 2.75) is 12.8 Å². The molecule has 0 saturated carbocycles. The van der Waals surface area contributed by atoms with Crippen LogP contribution in [0.4, 0.5) is 5.82 Å². The maximum atomic E-state index is 11.2. The maximum Gasteiger partial charge on any atom is 0.303 e. The third-order valence-corrected chi connectivity index (χ3v) is 2.13. The summed E-state index contributed by atoms with van der Waals surface area (Å²) in [7, 11) is 0. The number of hydrogen-bond acceptors (Lipinski definition) is 3. The number of carboxylic acid groups (broad SMARTS) is 1. The van der Waals surface area contributed by atoms with Crippen molar-refractivity contribution in [3.05, 3.63) is 22.3 Å². The maximum absolute atomic E-state index is 11.2. The van der Waals surface area contributed by atoms with Crippen LogP contribution in [0.1, 0.15) is 12.8 Å². The molecule has 1 aromatic rings. The fourth-order valence-electron chi connectivity index (χ4n) is 0.922. The molecule has 0 atom stereocenters. The van der Waals surface area contributed by atoms with Crippen LogP contribution in [-0.4, -0.2) is 22.0 Å². The van der Waals surface area contributed by atoms with Crippen LogP contribution in [0.2, 0.25) is 10.0 Å². The minimum atomic E-state index is -1.04. The number of carboxylic acids is 1. The lowest BCUT2D eigenvalue weighted by molar-refractivity contribution is -0.138. The highest BCUT2D eigenvalue weighted by Gasteiger charge is 2.09. The quantitative estimate of drug-likeness (QED) is 0.872. The van der Waals surface area contributed by atoms with Gasteiger partial charge in [-0.15, -0.1) is 0 Å². The van der Waals surface area contributed by atoms with Crippen LogP contribution in [-0.2, 0) is 9.59 Å². The largest absolute Gasteiger partial charge is 0.481 e. The van der Waals surface area contributed by atoms with Crippen molar-refractivity contribution in [2.24, 2.45) is 0 Å². The Bertz CT molecular complexity index is 423. The van der Waals surface area contributed by atoms with Crippen molar-refractivity contribution in [3.63, 3.8) is 0 Å². The van der Waals surface area contributed by atoms with Crippen LogP contribution in [0.25, 0.3) is 0 Å². The van der Waals surface area contributed by atoms with Crippen molar-refractivity contribution in [3.8, 4) is 0 Å². The fourth-order valence-corrected chi connectivity index (χ4v) is 1.35. The van der Waals surface area contributed by atoms with Gasteiger partial charge in [0.05, 0.1) is 16.5 Å². The number of nitrogens with zero attached hydrogens (tertiary/aromatic N) is 1.